The van der Waals surface area contributed by atoms with Gasteiger partial charge in [0.15, 0.2) is 5.65 Å². The van der Waals surface area contributed by atoms with Crippen molar-refractivity contribution in [1.82, 2.24) is 24.9 Å². The number of carbonyl (C=O) groups is 2. The minimum atomic E-state index is -0.634. The smallest absolute Gasteiger partial charge is 0.270 e. The van der Waals surface area contributed by atoms with E-state index >= 15 is 0 Å². The van der Waals surface area contributed by atoms with Crippen LogP contribution < -0.4 is 16.4 Å². The van der Waals surface area contributed by atoms with Gasteiger partial charge in [0.2, 0.25) is 0 Å². The van der Waals surface area contributed by atoms with Gasteiger partial charge in [-0.2, -0.15) is 5.10 Å². The number of hydrogen-bond acceptors (Lipinski definition) is 6. The molecule has 9 heteroatoms. The number of anilines is 1. The van der Waals surface area contributed by atoms with Crippen molar-refractivity contribution in [3.8, 4) is 0 Å². The van der Waals surface area contributed by atoms with Crippen molar-refractivity contribution >= 4 is 23.3 Å². The highest BCUT2D eigenvalue weighted by Crippen LogP contribution is 2.12. The molecule has 0 radical (unpaired) electrons. The quantitative estimate of drug-likeness (QED) is 0.538. The molecule has 3 aromatic rings. The molecule has 3 heterocycles. The molecule has 3 aromatic heterocycles. The van der Waals surface area contributed by atoms with Gasteiger partial charge in [-0.1, -0.05) is 6.07 Å². The van der Waals surface area contributed by atoms with Crippen molar-refractivity contribution in [1.29, 1.82) is 0 Å². The van der Waals surface area contributed by atoms with E-state index in [1.54, 1.807) is 19.2 Å². The standard InChI is InChI=1S/C17H19N7O2/c1-11-9-13(24-16(23-11)12(10-22-24)15(18)25)17(26)21-8-4-7-20-14-5-2-3-6-19-14/h2-3,5-6,9-10H,4,7-8H2,1H3,(H2,18,25)(H,19,20)(H,21,26). The van der Waals surface area contributed by atoms with Crippen LogP contribution in [0, 0.1) is 6.92 Å². The minimum absolute atomic E-state index is 0.183. The Bertz CT molecular complexity index is 937. The first-order chi connectivity index (χ1) is 12.6. The summed E-state index contributed by atoms with van der Waals surface area (Å²) in [6, 6.07) is 7.25. The second kappa shape index (κ2) is 7.60. The summed E-state index contributed by atoms with van der Waals surface area (Å²) in [5, 5.41) is 10.1. The van der Waals surface area contributed by atoms with E-state index in [4.69, 9.17) is 5.73 Å². The molecule has 0 unspecified atom stereocenters. The van der Waals surface area contributed by atoms with Gasteiger partial charge < -0.3 is 16.4 Å². The zero-order chi connectivity index (χ0) is 18.5. The van der Waals surface area contributed by atoms with Crippen LogP contribution in [0.15, 0.2) is 36.7 Å². The van der Waals surface area contributed by atoms with Crippen molar-refractivity contribution in [2.24, 2.45) is 5.73 Å². The number of rotatable bonds is 7. The van der Waals surface area contributed by atoms with Gasteiger partial charge in [-0.25, -0.2) is 14.5 Å². The lowest BCUT2D eigenvalue weighted by molar-refractivity contribution is 0.0944. The molecule has 0 aliphatic heterocycles. The molecule has 9 nitrogen and oxygen atoms in total. The molecule has 2 amide bonds. The van der Waals surface area contributed by atoms with Crippen LogP contribution in [0.1, 0.15) is 33.0 Å². The first-order valence-electron chi connectivity index (χ1n) is 8.14. The summed E-state index contributed by atoms with van der Waals surface area (Å²) in [6.07, 6.45) is 3.75. The lowest BCUT2D eigenvalue weighted by Gasteiger charge is -2.09. The van der Waals surface area contributed by atoms with Crippen molar-refractivity contribution in [2.75, 3.05) is 18.4 Å². The first-order valence-corrected chi connectivity index (χ1v) is 8.14. The molecule has 4 N–H and O–H groups in total. The molecule has 0 aliphatic carbocycles. The molecule has 0 bridgehead atoms. The second-order valence-electron chi connectivity index (χ2n) is 5.69. The molecule has 26 heavy (non-hydrogen) atoms. The van der Waals surface area contributed by atoms with Crippen molar-refractivity contribution < 1.29 is 9.59 Å². The van der Waals surface area contributed by atoms with E-state index in [0.717, 1.165) is 12.2 Å². The molecule has 0 saturated carbocycles. The van der Waals surface area contributed by atoms with Gasteiger partial charge in [0, 0.05) is 25.0 Å². The fraction of sp³-hybridized carbons (Fsp3) is 0.235. The van der Waals surface area contributed by atoms with E-state index in [2.05, 4.69) is 25.7 Å². The van der Waals surface area contributed by atoms with Crippen LogP contribution in [0.2, 0.25) is 0 Å². The number of amides is 2. The molecule has 0 fully saturated rings. The third-order valence-electron chi connectivity index (χ3n) is 3.71. The Balaban J connectivity index is 1.62. The van der Waals surface area contributed by atoms with E-state index < -0.39 is 5.91 Å². The van der Waals surface area contributed by atoms with E-state index in [0.29, 0.717) is 24.5 Å². The van der Waals surface area contributed by atoms with Crippen LogP contribution in [0.4, 0.5) is 5.82 Å². The third kappa shape index (κ3) is 3.77. The molecule has 0 spiro atoms. The summed E-state index contributed by atoms with van der Waals surface area (Å²) in [5.41, 5.74) is 6.68. The lowest BCUT2D eigenvalue weighted by Crippen LogP contribution is -2.28. The molecule has 0 saturated heterocycles. The maximum atomic E-state index is 12.5. The van der Waals surface area contributed by atoms with Gasteiger partial charge in [-0.3, -0.25) is 9.59 Å². The van der Waals surface area contributed by atoms with Crippen LogP contribution in [0.5, 0.6) is 0 Å². The Morgan fingerprint density at radius 3 is 2.85 bits per heavy atom. The molecule has 0 aromatic carbocycles. The number of primary amides is 1. The molecule has 0 aliphatic rings. The predicted octanol–water partition coefficient (Wildman–Crippen LogP) is 0.764. The van der Waals surface area contributed by atoms with Gasteiger partial charge >= 0.3 is 0 Å². The van der Waals surface area contributed by atoms with Gasteiger partial charge in [0.05, 0.1) is 6.20 Å². The minimum Gasteiger partial charge on any atom is -0.370 e. The predicted molar refractivity (Wildman–Crippen MR) is 95.9 cm³/mol. The maximum Gasteiger partial charge on any atom is 0.270 e. The maximum absolute atomic E-state index is 12.5. The highest BCUT2D eigenvalue weighted by atomic mass is 16.2. The zero-order valence-corrected chi connectivity index (χ0v) is 14.3. The summed E-state index contributed by atoms with van der Waals surface area (Å²) >= 11 is 0. The third-order valence-corrected chi connectivity index (χ3v) is 3.71. The summed E-state index contributed by atoms with van der Waals surface area (Å²) in [5.74, 6) is -0.136. The van der Waals surface area contributed by atoms with Crippen molar-refractivity contribution in [2.45, 2.75) is 13.3 Å². The van der Waals surface area contributed by atoms with E-state index in [9.17, 15) is 9.59 Å². The number of carbonyl (C=O) groups excluding carboxylic acids is 2. The van der Waals surface area contributed by atoms with Crippen LogP contribution >= 0.6 is 0 Å². The zero-order valence-electron chi connectivity index (χ0n) is 14.3. The topological polar surface area (TPSA) is 127 Å². The first kappa shape index (κ1) is 17.3. The number of nitrogens with zero attached hydrogens (tertiary/aromatic N) is 4. The molecule has 0 atom stereocenters. The Hall–Kier alpha value is -3.49. The van der Waals surface area contributed by atoms with E-state index in [-0.39, 0.29) is 17.1 Å². The van der Waals surface area contributed by atoms with Gasteiger partial charge in [-0.05, 0) is 31.5 Å². The number of aromatic nitrogens is 4. The Labute approximate surface area is 149 Å². The average molecular weight is 353 g/mol. The van der Waals surface area contributed by atoms with Crippen molar-refractivity contribution in [3.05, 3.63) is 53.6 Å². The number of nitrogens with one attached hydrogen (secondary N) is 2. The molecular formula is C17H19N7O2. The normalized spacial score (nSPS) is 10.7. The van der Waals surface area contributed by atoms with Crippen LogP contribution in [0.3, 0.4) is 0 Å². The second-order valence-corrected chi connectivity index (χ2v) is 5.69. The van der Waals surface area contributed by atoms with Crippen LogP contribution in [-0.4, -0.2) is 44.5 Å². The van der Waals surface area contributed by atoms with Gasteiger partial charge in [-0.15, -0.1) is 0 Å². The Morgan fingerprint density at radius 2 is 2.12 bits per heavy atom. The summed E-state index contributed by atoms with van der Waals surface area (Å²) in [6.45, 7) is 2.90. The van der Waals surface area contributed by atoms with E-state index in [1.165, 1.54) is 10.7 Å². The Kier molecular flexibility index (Phi) is 5.07. The Morgan fingerprint density at radius 1 is 1.27 bits per heavy atom. The highest BCUT2D eigenvalue weighted by Gasteiger charge is 2.17. The van der Waals surface area contributed by atoms with Gasteiger partial charge in [0.25, 0.3) is 11.8 Å². The molecular weight excluding hydrogens is 334 g/mol. The van der Waals surface area contributed by atoms with E-state index in [1.807, 2.05) is 18.2 Å². The fourth-order valence-corrected chi connectivity index (χ4v) is 2.48. The number of hydrogen-bond donors (Lipinski definition) is 3. The monoisotopic (exact) mass is 353 g/mol. The molecule has 134 valence electrons. The summed E-state index contributed by atoms with van der Waals surface area (Å²) in [4.78, 5) is 32.3. The number of aryl methyl sites for hydroxylation is 1. The van der Waals surface area contributed by atoms with Crippen LogP contribution in [0.25, 0.3) is 5.65 Å². The van der Waals surface area contributed by atoms with Gasteiger partial charge in [0.1, 0.15) is 17.1 Å². The number of nitrogens with two attached hydrogens (primary N) is 1. The van der Waals surface area contributed by atoms with Crippen molar-refractivity contribution in [3.63, 3.8) is 0 Å². The summed E-state index contributed by atoms with van der Waals surface area (Å²) < 4.78 is 1.33. The lowest BCUT2D eigenvalue weighted by atomic mass is 10.2. The highest BCUT2D eigenvalue weighted by molar-refractivity contribution is 6.00. The SMILES string of the molecule is Cc1cc(C(=O)NCCCNc2ccccn2)n2ncc(C(N)=O)c2n1. The largest absolute Gasteiger partial charge is 0.370 e. The van der Waals surface area contributed by atoms with Crippen LogP contribution in [-0.2, 0) is 0 Å². The number of fused-ring (bicyclic) bond motifs is 1. The summed E-state index contributed by atoms with van der Waals surface area (Å²) in [7, 11) is 0. The molecule has 3 rings (SSSR count). The number of pyridine rings is 1. The average Bonchev–Trinajstić information content (AvgIpc) is 3.05. The fourth-order valence-electron chi connectivity index (χ4n) is 2.48.